The third-order valence-electron chi connectivity index (χ3n) is 6.57. The Morgan fingerprint density at radius 1 is 0.878 bits per heavy atom. The highest BCUT2D eigenvalue weighted by Crippen LogP contribution is 2.46. The normalized spacial score (nSPS) is 15.0. The number of furan rings is 1. The average molecular weight is 584 g/mol. The van der Waals surface area contributed by atoms with E-state index in [9.17, 15) is 40.3 Å². The van der Waals surface area contributed by atoms with Gasteiger partial charge in [-0.1, -0.05) is 60.7 Å². The van der Waals surface area contributed by atoms with Gasteiger partial charge in [-0.15, -0.1) is 0 Å². The molecule has 0 radical (unpaired) electrons. The number of rotatable bonds is 8. The number of nitrogens with one attached hydrogen (secondary N) is 1. The maximum absolute atomic E-state index is 13.8. The van der Waals surface area contributed by atoms with Crippen LogP contribution >= 0.6 is 0 Å². The zero-order valence-corrected chi connectivity index (χ0v) is 21.6. The number of fused-ring (bicyclic) bond motifs is 1. The molecule has 6 nitrogen and oxygen atoms in total. The van der Waals surface area contributed by atoms with Gasteiger partial charge in [0.1, 0.15) is 5.76 Å². The SMILES string of the molecule is Cc1c(C(=O)N(Cc2ccccc2)Cc2ccccc2)oc2c1/C(=N/NC(=O)C(F)(F)C(F)(F)C(F)(F)F)CCC2. The summed E-state index contributed by atoms with van der Waals surface area (Å²) in [5.74, 6) is -16.0. The van der Waals surface area contributed by atoms with Gasteiger partial charge < -0.3 is 9.32 Å². The van der Waals surface area contributed by atoms with E-state index in [1.165, 1.54) is 6.92 Å². The highest BCUT2D eigenvalue weighted by Gasteiger charge is 2.76. The molecule has 0 unspecified atom stereocenters. The van der Waals surface area contributed by atoms with Crippen LogP contribution < -0.4 is 5.43 Å². The van der Waals surface area contributed by atoms with Crippen molar-refractivity contribution in [2.75, 3.05) is 0 Å². The summed E-state index contributed by atoms with van der Waals surface area (Å²) in [5, 5.41) is 3.45. The minimum Gasteiger partial charge on any atom is -0.455 e. The van der Waals surface area contributed by atoms with E-state index in [-0.39, 0.29) is 47.9 Å². The van der Waals surface area contributed by atoms with Crippen LogP contribution in [0.3, 0.4) is 0 Å². The standard InChI is InChI=1S/C28H24F7N3O3/c1-17-22-20(36-37-25(40)26(29,30)27(31,32)28(33,34)35)13-8-14-21(22)41-23(17)24(39)38(15-18-9-4-2-5-10-18)16-19-11-6-3-7-12-19/h2-7,9-12H,8,13-16H2,1H3,(H,37,40)/b36-20+. The molecular weight excluding hydrogens is 559 g/mol. The van der Waals surface area contributed by atoms with Crippen LogP contribution in [0.4, 0.5) is 30.7 Å². The van der Waals surface area contributed by atoms with Crippen molar-refractivity contribution in [3.63, 3.8) is 0 Å². The lowest BCUT2D eigenvalue weighted by Gasteiger charge is -2.26. The zero-order valence-electron chi connectivity index (χ0n) is 21.6. The molecule has 0 aliphatic heterocycles. The molecule has 0 fully saturated rings. The van der Waals surface area contributed by atoms with Gasteiger partial charge in [-0.05, 0) is 30.9 Å². The first kappa shape index (κ1) is 29.8. The highest BCUT2D eigenvalue weighted by molar-refractivity contribution is 6.06. The second kappa shape index (κ2) is 11.4. The van der Waals surface area contributed by atoms with Crippen molar-refractivity contribution in [1.82, 2.24) is 10.3 Å². The number of nitrogens with zero attached hydrogens (tertiary/aromatic N) is 2. The first-order valence-corrected chi connectivity index (χ1v) is 12.4. The molecule has 13 heteroatoms. The predicted molar refractivity (Wildman–Crippen MR) is 133 cm³/mol. The van der Waals surface area contributed by atoms with E-state index in [0.717, 1.165) is 16.6 Å². The van der Waals surface area contributed by atoms with Crippen molar-refractivity contribution in [1.29, 1.82) is 0 Å². The molecule has 1 aliphatic carbocycles. The van der Waals surface area contributed by atoms with Crippen LogP contribution in [0.5, 0.6) is 0 Å². The molecule has 1 N–H and O–H groups in total. The summed E-state index contributed by atoms with van der Waals surface area (Å²) < 4.78 is 97.3. The molecule has 2 amide bonds. The van der Waals surface area contributed by atoms with Crippen molar-refractivity contribution in [3.05, 3.63) is 94.4 Å². The summed E-state index contributed by atoms with van der Waals surface area (Å²) in [6.07, 6.45) is -5.97. The number of benzene rings is 2. The molecule has 1 aromatic heterocycles. The second-order valence-electron chi connectivity index (χ2n) is 9.49. The molecule has 3 aromatic rings. The van der Waals surface area contributed by atoms with Crippen LogP contribution in [0.15, 0.2) is 70.2 Å². The Morgan fingerprint density at radius 3 is 1.93 bits per heavy atom. The summed E-state index contributed by atoms with van der Waals surface area (Å²) in [4.78, 5) is 27.0. The van der Waals surface area contributed by atoms with Gasteiger partial charge in [0.15, 0.2) is 5.76 Å². The fraction of sp³-hybridized carbons (Fsp3) is 0.321. The molecule has 1 aliphatic rings. The first-order chi connectivity index (χ1) is 19.2. The Bertz CT molecular complexity index is 1390. The van der Waals surface area contributed by atoms with E-state index in [1.807, 2.05) is 60.7 Å². The van der Waals surface area contributed by atoms with Crippen molar-refractivity contribution in [2.24, 2.45) is 5.10 Å². The molecule has 0 spiro atoms. The summed E-state index contributed by atoms with van der Waals surface area (Å²) in [6.45, 7) is 1.95. The lowest BCUT2D eigenvalue weighted by Crippen LogP contribution is -2.58. The van der Waals surface area contributed by atoms with Gasteiger partial charge in [0, 0.05) is 30.6 Å². The Hall–Kier alpha value is -4.16. The third-order valence-corrected chi connectivity index (χ3v) is 6.57. The smallest absolute Gasteiger partial charge is 0.455 e. The van der Waals surface area contributed by atoms with Gasteiger partial charge in [-0.2, -0.15) is 35.8 Å². The van der Waals surface area contributed by atoms with Gasteiger partial charge in [0.05, 0.1) is 5.71 Å². The maximum atomic E-state index is 13.8. The van der Waals surface area contributed by atoms with Crippen molar-refractivity contribution in [2.45, 2.75) is 57.3 Å². The largest absolute Gasteiger partial charge is 0.460 e. The summed E-state index contributed by atoms with van der Waals surface area (Å²) in [7, 11) is 0. The van der Waals surface area contributed by atoms with Gasteiger partial charge in [0.25, 0.3) is 5.91 Å². The number of aryl methyl sites for hydroxylation is 1. The third kappa shape index (κ3) is 5.98. The average Bonchev–Trinajstić information content (AvgIpc) is 3.28. The lowest BCUT2D eigenvalue weighted by molar-refractivity contribution is -0.344. The Labute approximate surface area is 229 Å². The number of carbonyl (C=O) groups is 2. The second-order valence-corrected chi connectivity index (χ2v) is 9.49. The Balaban J connectivity index is 1.63. The van der Waals surface area contributed by atoms with Crippen LogP contribution in [-0.2, 0) is 24.3 Å². The van der Waals surface area contributed by atoms with Crippen LogP contribution in [-0.4, -0.2) is 40.4 Å². The fourth-order valence-corrected chi connectivity index (χ4v) is 4.44. The van der Waals surface area contributed by atoms with Gasteiger partial charge in [-0.25, -0.2) is 5.43 Å². The molecule has 4 rings (SSSR count). The minimum absolute atomic E-state index is 0.0558. The molecular formula is C28H24F7N3O3. The van der Waals surface area contributed by atoms with Crippen molar-refractivity contribution >= 4 is 17.5 Å². The lowest BCUT2D eigenvalue weighted by atomic mass is 9.93. The number of alkyl halides is 7. The Morgan fingerprint density at radius 2 is 1.41 bits per heavy atom. The van der Waals surface area contributed by atoms with E-state index in [2.05, 4.69) is 5.10 Å². The minimum atomic E-state index is -6.67. The number of amides is 2. The van der Waals surface area contributed by atoms with Gasteiger partial charge in [-0.3, -0.25) is 9.59 Å². The monoisotopic (exact) mass is 583 g/mol. The molecule has 218 valence electrons. The van der Waals surface area contributed by atoms with Crippen molar-refractivity contribution in [3.8, 4) is 0 Å². The van der Waals surface area contributed by atoms with Crippen LogP contribution in [0.1, 0.15) is 51.4 Å². The van der Waals surface area contributed by atoms with Gasteiger partial charge >= 0.3 is 23.9 Å². The summed E-state index contributed by atoms with van der Waals surface area (Å²) >= 11 is 0. The quantitative estimate of drug-likeness (QED) is 0.246. The number of halogens is 7. The molecule has 0 bridgehead atoms. The van der Waals surface area contributed by atoms with E-state index in [1.54, 1.807) is 4.90 Å². The molecule has 0 saturated carbocycles. The molecule has 41 heavy (non-hydrogen) atoms. The maximum Gasteiger partial charge on any atom is 0.460 e. The van der Waals surface area contributed by atoms with E-state index in [4.69, 9.17) is 4.42 Å². The predicted octanol–water partition coefficient (Wildman–Crippen LogP) is 6.42. The fourth-order valence-electron chi connectivity index (χ4n) is 4.44. The van der Waals surface area contributed by atoms with E-state index in [0.29, 0.717) is 12.8 Å². The molecule has 0 saturated heterocycles. The zero-order chi connectivity index (χ0) is 30.0. The molecule has 0 atom stereocenters. The number of carbonyl (C=O) groups excluding carboxylic acids is 2. The number of hydrogen-bond acceptors (Lipinski definition) is 4. The summed E-state index contributed by atoms with van der Waals surface area (Å²) in [6, 6.07) is 18.3. The van der Waals surface area contributed by atoms with Crippen LogP contribution in [0, 0.1) is 6.92 Å². The summed E-state index contributed by atoms with van der Waals surface area (Å²) in [5.41, 5.74) is 3.19. The van der Waals surface area contributed by atoms with Crippen molar-refractivity contribution < 1.29 is 44.7 Å². The van der Waals surface area contributed by atoms with E-state index < -0.39 is 29.8 Å². The topological polar surface area (TPSA) is 74.9 Å². The highest BCUT2D eigenvalue weighted by atomic mass is 19.4. The van der Waals surface area contributed by atoms with Gasteiger partial charge in [0.2, 0.25) is 0 Å². The Kier molecular flexibility index (Phi) is 8.27. The first-order valence-electron chi connectivity index (χ1n) is 12.4. The number of hydrazone groups is 1. The molecule has 1 heterocycles. The number of hydrogen-bond donors (Lipinski definition) is 1. The molecule has 2 aromatic carbocycles. The van der Waals surface area contributed by atoms with Crippen LogP contribution in [0.25, 0.3) is 0 Å². The van der Waals surface area contributed by atoms with E-state index >= 15 is 0 Å². The van der Waals surface area contributed by atoms with Crippen LogP contribution in [0.2, 0.25) is 0 Å².